The van der Waals surface area contributed by atoms with Crippen molar-refractivity contribution in [3.8, 4) is 5.75 Å². The molecule has 1 amide bonds. The summed E-state index contributed by atoms with van der Waals surface area (Å²) in [5.74, 6) is 0.992. The quantitative estimate of drug-likeness (QED) is 0.770. The second-order valence-electron chi connectivity index (χ2n) is 7.64. The van der Waals surface area contributed by atoms with Crippen LogP contribution in [0.25, 0.3) is 10.8 Å². The van der Waals surface area contributed by atoms with Gasteiger partial charge in [-0.15, -0.1) is 0 Å². The van der Waals surface area contributed by atoms with Gasteiger partial charge >= 0.3 is 0 Å². The van der Waals surface area contributed by atoms with E-state index in [-0.39, 0.29) is 11.9 Å². The van der Waals surface area contributed by atoms with Crippen molar-refractivity contribution in [3.63, 3.8) is 0 Å². The predicted molar refractivity (Wildman–Crippen MR) is 104 cm³/mol. The number of ether oxygens (including phenoxy) is 1. The zero-order valence-electron chi connectivity index (χ0n) is 15.4. The highest BCUT2D eigenvalue weighted by Crippen LogP contribution is 2.35. The first-order chi connectivity index (χ1) is 13.2. The van der Waals surface area contributed by atoms with Crippen molar-refractivity contribution in [2.45, 2.75) is 44.2 Å². The maximum absolute atomic E-state index is 13.4. The zero-order chi connectivity index (χ0) is 18.4. The molecule has 138 valence electrons. The van der Waals surface area contributed by atoms with Crippen LogP contribution in [0.15, 0.2) is 42.6 Å². The third-order valence-electron chi connectivity index (χ3n) is 5.85. The van der Waals surface area contributed by atoms with Gasteiger partial charge in [0.25, 0.3) is 5.91 Å². The van der Waals surface area contributed by atoms with Crippen LogP contribution >= 0.6 is 0 Å². The van der Waals surface area contributed by atoms with Gasteiger partial charge in [0.05, 0.1) is 13.3 Å². The summed E-state index contributed by atoms with van der Waals surface area (Å²) in [6.45, 7) is 0. The van der Waals surface area contributed by atoms with Crippen LogP contribution in [0.2, 0.25) is 0 Å². The van der Waals surface area contributed by atoms with Crippen molar-refractivity contribution in [3.05, 3.63) is 59.4 Å². The molecular formula is C22H23N3O2. The summed E-state index contributed by atoms with van der Waals surface area (Å²) in [6.07, 6.45) is 7.02. The monoisotopic (exact) mass is 361 g/mol. The zero-order valence-corrected chi connectivity index (χ0v) is 15.4. The molecule has 5 nitrogen and oxygen atoms in total. The SMILES string of the molecule is COc1ccc2cc(C(=O)N(C3CC3)C3CCc4[nH]ncc4C3)ccc2c1. The first kappa shape index (κ1) is 16.4. The summed E-state index contributed by atoms with van der Waals surface area (Å²) < 4.78 is 5.30. The number of hydrogen-bond acceptors (Lipinski definition) is 3. The number of carbonyl (C=O) groups excluding carboxylic acids is 1. The number of hydrogen-bond donors (Lipinski definition) is 1. The molecular weight excluding hydrogens is 338 g/mol. The van der Waals surface area contributed by atoms with Gasteiger partial charge in [0.1, 0.15) is 5.75 Å². The summed E-state index contributed by atoms with van der Waals surface area (Å²) in [6, 6.07) is 12.6. The fourth-order valence-corrected chi connectivity index (χ4v) is 4.25. The number of benzene rings is 2. The summed E-state index contributed by atoms with van der Waals surface area (Å²) in [5, 5.41) is 9.41. The standard InChI is InChI=1S/C22H23N3O2/c1-27-20-8-4-14-10-16(3-2-15(14)12-20)22(26)25(18-5-6-18)19-7-9-21-17(11-19)13-23-24-21/h2-4,8,10,12-13,18-19H,5-7,9,11H2,1H3,(H,23,24). The molecule has 5 rings (SSSR count). The number of H-pyrrole nitrogens is 1. The van der Waals surface area contributed by atoms with Gasteiger partial charge in [0.2, 0.25) is 0 Å². The highest BCUT2D eigenvalue weighted by Gasteiger charge is 2.39. The Morgan fingerprint density at radius 2 is 1.93 bits per heavy atom. The lowest BCUT2D eigenvalue weighted by atomic mass is 9.91. The Hall–Kier alpha value is -2.82. The Balaban J connectivity index is 1.45. The largest absolute Gasteiger partial charge is 0.497 e. The summed E-state index contributed by atoms with van der Waals surface area (Å²) in [5.41, 5.74) is 3.27. The molecule has 0 bridgehead atoms. The predicted octanol–water partition coefficient (Wildman–Crippen LogP) is 3.73. The molecule has 3 aromatic rings. The number of fused-ring (bicyclic) bond motifs is 2. The lowest BCUT2D eigenvalue weighted by Gasteiger charge is -2.34. The average Bonchev–Trinajstić information content (AvgIpc) is 3.42. The van der Waals surface area contributed by atoms with Crippen LogP contribution in [0.3, 0.4) is 0 Å². The van der Waals surface area contributed by atoms with E-state index >= 15 is 0 Å². The van der Waals surface area contributed by atoms with Crippen LogP contribution in [0.1, 0.15) is 40.9 Å². The van der Waals surface area contributed by atoms with Crippen LogP contribution in [0.4, 0.5) is 0 Å². The number of aromatic amines is 1. The normalized spacial score (nSPS) is 18.9. The number of nitrogens with zero attached hydrogens (tertiary/aromatic N) is 2. The van der Waals surface area contributed by atoms with Gasteiger partial charge in [-0.1, -0.05) is 12.1 Å². The number of aromatic nitrogens is 2. The second-order valence-corrected chi connectivity index (χ2v) is 7.64. The molecule has 1 saturated carbocycles. The number of rotatable bonds is 4. The maximum atomic E-state index is 13.4. The van der Waals surface area contributed by atoms with Crippen molar-refractivity contribution < 1.29 is 9.53 Å². The summed E-state index contributed by atoms with van der Waals surface area (Å²) in [4.78, 5) is 15.6. The van der Waals surface area contributed by atoms with Gasteiger partial charge < -0.3 is 9.64 Å². The molecule has 0 saturated heterocycles. The fourth-order valence-electron chi connectivity index (χ4n) is 4.25. The molecule has 1 unspecified atom stereocenters. The van der Waals surface area contributed by atoms with Gasteiger partial charge in [-0.25, -0.2) is 0 Å². The van der Waals surface area contributed by atoms with Gasteiger partial charge in [-0.05, 0) is 72.7 Å². The van der Waals surface area contributed by atoms with E-state index in [1.54, 1.807) is 7.11 Å². The fraction of sp³-hybridized carbons (Fsp3) is 0.364. The lowest BCUT2D eigenvalue weighted by molar-refractivity contribution is 0.0643. The molecule has 1 N–H and O–H groups in total. The number of methoxy groups -OCH3 is 1. The highest BCUT2D eigenvalue weighted by atomic mass is 16.5. The molecule has 1 atom stereocenters. The number of carbonyl (C=O) groups is 1. The number of nitrogens with one attached hydrogen (secondary N) is 1. The second kappa shape index (κ2) is 6.41. The van der Waals surface area contributed by atoms with Gasteiger partial charge in [-0.3, -0.25) is 9.89 Å². The van der Waals surface area contributed by atoms with E-state index in [0.29, 0.717) is 6.04 Å². The summed E-state index contributed by atoms with van der Waals surface area (Å²) in [7, 11) is 1.67. The van der Waals surface area contributed by atoms with Crippen LogP contribution in [0, 0.1) is 0 Å². The van der Waals surface area contributed by atoms with Crippen LogP contribution in [-0.2, 0) is 12.8 Å². The molecule has 0 aliphatic heterocycles. The minimum atomic E-state index is 0.159. The smallest absolute Gasteiger partial charge is 0.254 e. The summed E-state index contributed by atoms with van der Waals surface area (Å²) >= 11 is 0. The Labute approximate surface area is 158 Å². The Morgan fingerprint density at radius 3 is 2.74 bits per heavy atom. The highest BCUT2D eigenvalue weighted by molar-refractivity contribution is 5.99. The molecule has 5 heteroatoms. The topological polar surface area (TPSA) is 58.2 Å². The van der Waals surface area contributed by atoms with Crippen LogP contribution in [-0.4, -0.2) is 40.2 Å². The van der Waals surface area contributed by atoms with Crippen molar-refractivity contribution in [2.75, 3.05) is 7.11 Å². The minimum Gasteiger partial charge on any atom is -0.497 e. The minimum absolute atomic E-state index is 0.159. The number of amides is 1. The van der Waals surface area contributed by atoms with E-state index in [4.69, 9.17) is 4.74 Å². The van der Waals surface area contributed by atoms with E-state index in [9.17, 15) is 4.79 Å². The Morgan fingerprint density at radius 1 is 1.11 bits per heavy atom. The van der Waals surface area contributed by atoms with Gasteiger partial charge in [-0.2, -0.15) is 5.10 Å². The van der Waals surface area contributed by atoms with Crippen LogP contribution < -0.4 is 4.74 Å². The third-order valence-corrected chi connectivity index (χ3v) is 5.85. The molecule has 2 aliphatic carbocycles. The first-order valence-corrected chi connectivity index (χ1v) is 9.64. The lowest BCUT2D eigenvalue weighted by Crippen LogP contribution is -2.44. The molecule has 2 aliphatic rings. The molecule has 1 fully saturated rings. The van der Waals surface area contributed by atoms with E-state index in [0.717, 1.165) is 54.2 Å². The molecule has 1 heterocycles. The maximum Gasteiger partial charge on any atom is 0.254 e. The Bertz CT molecular complexity index is 1010. The van der Waals surface area contributed by atoms with E-state index < -0.39 is 0 Å². The van der Waals surface area contributed by atoms with E-state index in [2.05, 4.69) is 15.1 Å². The van der Waals surface area contributed by atoms with Crippen molar-refractivity contribution in [1.29, 1.82) is 0 Å². The molecule has 0 radical (unpaired) electrons. The number of aryl methyl sites for hydroxylation is 1. The third kappa shape index (κ3) is 2.97. The average molecular weight is 361 g/mol. The molecule has 2 aromatic carbocycles. The van der Waals surface area contributed by atoms with E-state index in [1.165, 1.54) is 11.3 Å². The van der Waals surface area contributed by atoms with Gasteiger partial charge in [0.15, 0.2) is 0 Å². The van der Waals surface area contributed by atoms with Gasteiger partial charge in [0, 0.05) is 23.3 Å². The molecule has 1 aromatic heterocycles. The van der Waals surface area contributed by atoms with Crippen molar-refractivity contribution >= 4 is 16.7 Å². The molecule has 27 heavy (non-hydrogen) atoms. The Kier molecular flexibility index (Phi) is 3.88. The van der Waals surface area contributed by atoms with Crippen LogP contribution in [0.5, 0.6) is 5.75 Å². The first-order valence-electron chi connectivity index (χ1n) is 9.64. The van der Waals surface area contributed by atoms with E-state index in [1.807, 2.05) is 42.6 Å². The molecule has 0 spiro atoms. The van der Waals surface area contributed by atoms with Crippen molar-refractivity contribution in [1.82, 2.24) is 15.1 Å². The van der Waals surface area contributed by atoms with Crippen molar-refractivity contribution in [2.24, 2.45) is 0 Å².